The summed E-state index contributed by atoms with van der Waals surface area (Å²) in [7, 11) is 1.19. The highest BCUT2D eigenvalue weighted by Crippen LogP contribution is 2.42. The summed E-state index contributed by atoms with van der Waals surface area (Å²) in [6.45, 7) is 11.9. The Kier molecular flexibility index (Phi) is 12.4. The predicted molar refractivity (Wildman–Crippen MR) is 188 cm³/mol. The lowest BCUT2D eigenvalue weighted by atomic mass is 9.80. The van der Waals surface area contributed by atoms with E-state index in [4.69, 9.17) is 28.1 Å². The number of carbonyl (C=O) groups excluding carboxylic acids is 1. The minimum Gasteiger partial charge on any atom is -0.497 e. The molecule has 0 bridgehead atoms. The van der Waals surface area contributed by atoms with Gasteiger partial charge in [0.15, 0.2) is 8.32 Å². The topological polar surface area (TPSA) is 72.5 Å². The van der Waals surface area contributed by atoms with E-state index in [1.807, 2.05) is 84.9 Å². The van der Waals surface area contributed by atoms with Crippen molar-refractivity contribution in [3.8, 4) is 11.5 Å². The molecule has 4 aromatic rings. The van der Waals surface area contributed by atoms with E-state index in [1.54, 1.807) is 26.4 Å². The highest BCUT2D eigenvalue weighted by atomic mass is 28.4. The molecule has 0 saturated carbocycles. The molecule has 8 heteroatoms. The molecule has 0 radical (unpaired) electrons. The molecule has 0 fully saturated rings. The van der Waals surface area contributed by atoms with Crippen molar-refractivity contribution in [2.24, 2.45) is 0 Å². The van der Waals surface area contributed by atoms with E-state index in [1.165, 1.54) is 0 Å². The Morgan fingerprint density at radius 1 is 0.660 bits per heavy atom. The van der Waals surface area contributed by atoms with Gasteiger partial charge in [-0.25, -0.2) is 4.79 Å². The lowest BCUT2D eigenvalue weighted by molar-refractivity contribution is -0.0850. The van der Waals surface area contributed by atoms with Crippen LogP contribution in [-0.2, 0) is 24.2 Å². The molecular weight excluding hydrogens is 609 g/mol. The van der Waals surface area contributed by atoms with Crippen LogP contribution in [0.25, 0.3) is 0 Å². The summed E-state index contributed by atoms with van der Waals surface area (Å²) in [5, 5.41) is 0.0175. The van der Waals surface area contributed by atoms with Gasteiger partial charge in [-0.2, -0.15) is 0 Å². The first-order valence-corrected chi connectivity index (χ1v) is 18.9. The van der Waals surface area contributed by atoms with Crippen molar-refractivity contribution in [1.29, 1.82) is 0 Å². The highest BCUT2D eigenvalue weighted by molar-refractivity contribution is 6.74. The van der Waals surface area contributed by atoms with Crippen LogP contribution in [0.5, 0.6) is 11.5 Å². The zero-order valence-electron chi connectivity index (χ0n) is 28.7. The second kappa shape index (κ2) is 16.2. The average molecular weight is 657 g/mol. The standard InChI is InChI=1S/C39H48O7Si/c1-38(2,3)47(6,7)46-29-36(43-26-27-44-37(40)30-14-10-8-11-15-30)28-45-39(31-16-12-9-13-17-31,32-18-22-34(41-4)23-19-32)33-20-24-35(42-5)25-21-33/h8-25,36H,26-29H2,1-7H3/t36-/m1/s1. The van der Waals surface area contributed by atoms with E-state index < -0.39 is 20.0 Å². The van der Waals surface area contributed by atoms with Crippen molar-refractivity contribution in [2.75, 3.05) is 40.6 Å². The van der Waals surface area contributed by atoms with E-state index in [2.05, 4.69) is 46.0 Å². The zero-order chi connectivity index (χ0) is 33.9. The maximum Gasteiger partial charge on any atom is 0.338 e. The van der Waals surface area contributed by atoms with Gasteiger partial charge in [-0.15, -0.1) is 0 Å². The first-order valence-electron chi connectivity index (χ1n) is 16.0. The summed E-state index contributed by atoms with van der Waals surface area (Å²) >= 11 is 0. The predicted octanol–water partition coefficient (Wildman–Crippen LogP) is 8.28. The molecule has 0 aliphatic rings. The SMILES string of the molecule is COc1ccc(C(OC[C@H](CO[Si](C)(C)C(C)(C)C)OCCOC(=O)c2ccccc2)(c2ccccc2)c2ccc(OC)cc2)cc1. The van der Waals surface area contributed by atoms with Crippen LogP contribution < -0.4 is 9.47 Å². The average Bonchev–Trinajstić information content (AvgIpc) is 3.09. The number of benzene rings is 4. The van der Waals surface area contributed by atoms with Crippen LogP contribution in [-0.4, -0.2) is 61.0 Å². The molecule has 0 saturated heterocycles. The number of carbonyl (C=O) groups is 1. The molecule has 0 N–H and O–H groups in total. The number of ether oxygens (including phenoxy) is 5. The van der Waals surface area contributed by atoms with E-state index in [9.17, 15) is 4.79 Å². The molecule has 250 valence electrons. The van der Waals surface area contributed by atoms with Crippen molar-refractivity contribution >= 4 is 14.3 Å². The fraction of sp³-hybridized carbons (Fsp3) is 0.359. The molecule has 0 aliphatic heterocycles. The van der Waals surface area contributed by atoms with Crippen molar-refractivity contribution in [3.05, 3.63) is 131 Å². The molecule has 7 nitrogen and oxygen atoms in total. The number of hydrogen-bond acceptors (Lipinski definition) is 7. The Morgan fingerprint density at radius 3 is 1.64 bits per heavy atom. The molecule has 4 rings (SSSR count). The molecule has 0 aliphatic carbocycles. The van der Waals surface area contributed by atoms with Crippen LogP contribution >= 0.6 is 0 Å². The minimum atomic E-state index is -2.11. The molecule has 0 amide bonds. The normalized spacial score (nSPS) is 12.7. The van der Waals surface area contributed by atoms with Crippen LogP contribution in [0, 0.1) is 0 Å². The largest absolute Gasteiger partial charge is 0.497 e. The van der Waals surface area contributed by atoms with Gasteiger partial charge in [0.25, 0.3) is 0 Å². The van der Waals surface area contributed by atoms with E-state index in [-0.39, 0.29) is 30.8 Å². The molecule has 0 aromatic heterocycles. The van der Waals surface area contributed by atoms with Gasteiger partial charge in [0.1, 0.15) is 29.8 Å². The molecule has 47 heavy (non-hydrogen) atoms. The number of hydrogen-bond donors (Lipinski definition) is 0. The Balaban J connectivity index is 1.66. The zero-order valence-corrected chi connectivity index (χ0v) is 29.7. The summed E-state index contributed by atoms with van der Waals surface area (Å²) < 4.78 is 36.6. The third kappa shape index (κ3) is 9.11. The Morgan fingerprint density at radius 2 is 1.15 bits per heavy atom. The Hall–Kier alpha value is -3.95. The molecule has 0 unspecified atom stereocenters. The minimum absolute atomic E-state index is 0.0175. The Labute approximate surface area is 280 Å². The summed E-state index contributed by atoms with van der Waals surface area (Å²) in [4.78, 5) is 12.5. The third-order valence-electron chi connectivity index (χ3n) is 8.77. The summed E-state index contributed by atoms with van der Waals surface area (Å²) in [6.07, 6.45) is -0.445. The van der Waals surface area contributed by atoms with Crippen LogP contribution in [0.15, 0.2) is 109 Å². The van der Waals surface area contributed by atoms with Crippen LogP contribution in [0.1, 0.15) is 47.8 Å². The van der Waals surface area contributed by atoms with Gasteiger partial charge >= 0.3 is 5.97 Å². The summed E-state index contributed by atoms with van der Waals surface area (Å²) in [6, 6.07) is 35.0. The summed E-state index contributed by atoms with van der Waals surface area (Å²) in [5.41, 5.74) is 2.31. The van der Waals surface area contributed by atoms with Gasteiger partial charge in [0.2, 0.25) is 0 Å². The quantitative estimate of drug-likeness (QED) is 0.0520. The first kappa shape index (κ1) is 35.9. The molecule has 4 aromatic carbocycles. The molecular formula is C39H48O7Si. The summed E-state index contributed by atoms with van der Waals surface area (Å²) in [5.74, 6) is 1.11. The molecule has 1 atom stereocenters. The van der Waals surface area contributed by atoms with E-state index in [0.717, 1.165) is 28.2 Å². The van der Waals surface area contributed by atoms with E-state index in [0.29, 0.717) is 12.2 Å². The number of esters is 1. The number of rotatable bonds is 16. The first-order chi connectivity index (χ1) is 22.5. The van der Waals surface area contributed by atoms with E-state index >= 15 is 0 Å². The fourth-order valence-corrected chi connectivity index (χ4v) is 6.00. The second-order valence-corrected chi connectivity index (χ2v) is 17.7. The van der Waals surface area contributed by atoms with Gasteiger partial charge in [0, 0.05) is 0 Å². The monoisotopic (exact) mass is 656 g/mol. The van der Waals surface area contributed by atoms with Gasteiger partial charge in [-0.05, 0) is 71.2 Å². The van der Waals surface area contributed by atoms with Crippen molar-refractivity contribution in [1.82, 2.24) is 0 Å². The van der Waals surface area contributed by atoms with Crippen molar-refractivity contribution < 1.29 is 32.9 Å². The highest BCUT2D eigenvalue weighted by Gasteiger charge is 2.40. The fourth-order valence-electron chi connectivity index (χ4n) is 4.96. The smallest absolute Gasteiger partial charge is 0.338 e. The Bertz CT molecular complexity index is 1470. The van der Waals surface area contributed by atoms with Crippen LogP contribution in [0.2, 0.25) is 18.1 Å². The molecule has 0 spiro atoms. The van der Waals surface area contributed by atoms with Crippen LogP contribution in [0.3, 0.4) is 0 Å². The number of methoxy groups -OCH3 is 2. The van der Waals surface area contributed by atoms with Gasteiger partial charge < -0.3 is 28.1 Å². The lowest BCUT2D eigenvalue weighted by Gasteiger charge is -2.39. The third-order valence-corrected chi connectivity index (χ3v) is 13.3. The van der Waals surface area contributed by atoms with Gasteiger partial charge in [-0.3, -0.25) is 0 Å². The van der Waals surface area contributed by atoms with Gasteiger partial charge in [0.05, 0.1) is 39.6 Å². The van der Waals surface area contributed by atoms with Crippen molar-refractivity contribution in [2.45, 2.75) is 50.6 Å². The van der Waals surface area contributed by atoms with Crippen LogP contribution in [0.4, 0.5) is 0 Å². The van der Waals surface area contributed by atoms with Crippen molar-refractivity contribution in [3.63, 3.8) is 0 Å². The molecule has 0 heterocycles. The maximum absolute atomic E-state index is 12.5. The second-order valence-electron chi connectivity index (χ2n) is 12.9. The lowest BCUT2D eigenvalue weighted by Crippen LogP contribution is -2.44. The maximum atomic E-state index is 12.5. The van der Waals surface area contributed by atoms with Gasteiger partial charge in [-0.1, -0.05) is 93.6 Å².